The van der Waals surface area contributed by atoms with Gasteiger partial charge in [-0.1, -0.05) is 18.2 Å². The number of aryl methyl sites for hydroxylation is 1. The molecule has 0 saturated heterocycles. The van der Waals surface area contributed by atoms with Crippen LogP contribution in [0.2, 0.25) is 0 Å². The maximum atomic E-state index is 12.8. The van der Waals surface area contributed by atoms with Crippen LogP contribution in [0.15, 0.2) is 106 Å². The minimum Gasteiger partial charge on any atom is -0.360 e. The van der Waals surface area contributed by atoms with Crippen LogP contribution in [0.3, 0.4) is 0 Å². The van der Waals surface area contributed by atoms with Crippen molar-refractivity contribution in [1.29, 1.82) is 0 Å². The lowest BCUT2D eigenvalue weighted by atomic mass is 10.00. The van der Waals surface area contributed by atoms with Crippen LogP contribution in [0, 0.1) is 0 Å². The Morgan fingerprint density at radius 3 is 1.71 bits per heavy atom. The molecule has 0 fully saturated rings. The summed E-state index contributed by atoms with van der Waals surface area (Å²) < 4.78 is 53.8. The number of thiazole rings is 2. The number of nitrogens with one attached hydrogen (secondary N) is 4. The summed E-state index contributed by atoms with van der Waals surface area (Å²) in [6, 6.07) is 19.7. The summed E-state index contributed by atoms with van der Waals surface area (Å²) in [5.74, 6) is -0.489. The summed E-state index contributed by atoms with van der Waals surface area (Å²) in [5, 5.41) is 8.76. The van der Waals surface area contributed by atoms with E-state index in [0.29, 0.717) is 21.6 Å². The van der Waals surface area contributed by atoms with Gasteiger partial charge in [0.15, 0.2) is 10.3 Å². The van der Waals surface area contributed by atoms with Crippen LogP contribution in [0.4, 0.5) is 27.3 Å². The van der Waals surface area contributed by atoms with Gasteiger partial charge in [0, 0.05) is 46.8 Å². The molecule has 1 aliphatic rings. The van der Waals surface area contributed by atoms with Crippen LogP contribution in [0.1, 0.15) is 25.8 Å². The lowest BCUT2D eigenvalue weighted by Crippen LogP contribution is -2.44. The Morgan fingerprint density at radius 1 is 0.745 bits per heavy atom. The predicted octanol–water partition coefficient (Wildman–Crippen LogP) is 6.23. The molecular weight excluding hydrogens is 754 g/mol. The van der Waals surface area contributed by atoms with Gasteiger partial charge in [-0.15, -0.1) is 34.3 Å². The molecule has 3 heterocycles. The number of alkyl halides is 1. The van der Waals surface area contributed by atoms with Gasteiger partial charge < -0.3 is 15.5 Å². The van der Waals surface area contributed by atoms with Crippen LogP contribution >= 0.6 is 34.3 Å². The van der Waals surface area contributed by atoms with Gasteiger partial charge in [-0.25, -0.2) is 26.8 Å². The molecule has 0 radical (unpaired) electrons. The Kier molecular flexibility index (Phi) is 12.3. The van der Waals surface area contributed by atoms with Crippen molar-refractivity contribution in [1.82, 2.24) is 9.97 Å². The summed E-state index contributed by atoms with van der Waals surface area (Å²) >= 11 is 8.03. The van der Waals surface area contributed by atoms with Crippen molar-refractivity contribution in [3.8, 4) is 0 Å². The van der Waals surface area contributed by atoms with Crippen LogP contribution in [0.25, 0.3) is 0 Å². The third-order valence-electron chi connectivity index (χ3n) is 7.53. The fraction of sp³-hybridized carbons (Fsp3) is 0.212. The Bertz CT molecular complexity index is 2150. The molecule has 1 aliphatic heterocycles. The van der Waals surface area contributed by atoms with Crippen molar-refractivity contribution in [3.05, 3.63) is 102 Å². The number of rotatable bonds is 11. The smallest absolute Gasteiger partial charge is 0.263 e. The number of fused-ring (bicyclic) bond motifs is 1. The molecule has 268 valence electrons. The van der Waals surface area contributed by atoms with Crippen molar-refractivity contribution in [3.63, 3.8) is 0 Å². The monoisotopic (exact) mass is 787 g/mol. The number of sulfonamides is 2. The number of aromatic nitrogens is 2. The number of para-hydroxylation sites is 1. The summed E-state index contributed by atoms with van der Waals surface area (Å²) in [5.41, 5.74) is 3.37. The topological polar surface area (TPSA) is 180 Å². The Morgan fingerprint density at radius 2 is 1.24 bits per heavy atom. The molecule has 5 aromatic rings. The van der Waals surface area contributed by atoms with Crippen molar-refractivity contribution in [2.45, 2.75) is 47.9 Å². The van der Waals surface area contributed by atoms with Gasteiger partial charge in [0.1, 0.15) is 11.4 Å². The normalized spacial score (nSPS) is 13.8. The Labute approximate surface area is 309 Å². The number of benzene rings is 3. The van der Waals surface area contributed by atoms with Gasteiger partial charge >= 0.3 is 0 Å². The van der Waals surface area contributed by atoms with Gasteiger partial charge in [-0.2, -0.15) is 0 Å². The molecule has 2 unspecified atom stereocenters. The highest BCUT2D eigenvalue weighted by atomic mass is 35.5. The van der Waals surface area contributed by atoms with E-state index >= 15 is 0 Å². The van der Waals surface area contributed by atoms with E-state index in [1.807, 2.05) is 25.1 Å². The first kappa shape index (κ1) is 37.7. The number of amides is 2. The van der Waals surface area contributed by atoms with E-state index in [1.54, 1.807) is 29.8 Å². The van der Waals surface area contributed by atoms with Crippen molar-refractivity contribution >= 4 is 93.5 Å². The molecule has 2 atom stereocenters. The maximum Gasteiger partial charge on any atom is 0.263 e. The number of hydrogen-bond acceptors (Lipinski definition) is 11. The van der Waals surface area contributed by atoms with E-state index in [0.717, 1.165) is 25.1 Å². The van der Waals surface area contributed by atoms with Crippen LogP contribution < -0.4 is 25.0 Å². The Balaban J connectivity index is 0.000000211. The first-order chi connectivity index (χ1) is 24.3. The van der Waals surface area contributed by atoms with E-state index in [9.17, 15) is 26.4 Å². The molecule has 0 saturated carbocycles. The Hall–Kier alpha value is -4.55. The third kappa shape index (κ3) is 10.0. The van der Waals surface area contributed by atoms with Gasteiger partial charge in [-0.05, 0) is 86.8 Å². The molecule has 6 rings (SSSR count). The maximum absolute atomic E-state index is 12.8. The van der Waals surface area contributed by atoms with E-state index in [1.165, 1.54) is 77.0 Å². The fourth-order valence-electron chi connectivity index (χ4n) is 4.93. The minimum absolute atomic E-state index is 0.0784. The second-order valence-corrected chi connectivity index (χ2v) is 16.9. The van der Waals surface area contributed by atoms with E-state index in [-0.39, 0.29) is 27.6 Å². The quantitative estimate of drug-likeness (QED) is 0.113. The molecule has 18 heteroatoms. The third-order valence-corrected chi connectivity index (χ3v) is 12.1. The largest absolute Gasteiger partial charge is 0.360 e. The average Bonchev–Trinajstić information content (AvgIpc) is 3.82. The minimum atomic E-state index is -3.72. The molecule has 2 aromatic heterocycles. The molecule has 0 spiro atoms. The number of halogens is 1. The van der Waals surface area contributed by atoms with Gasteiger partial charge in [-0.3, -0.25) is 19.0 Å². The van der Waals surface area contributed by atoms with Crippen molar-refractivity contribution in [2.24, 2.45) is 0 Å². The van der Waals surface area contributed by atoms with Gasteiger partial charge in [0.25, 0.3) is 20.0 Å². The highest BCUT2D eigenvalue weighted by Crippen LogP contribution is 2.29. The molecule has 51 heavy (non-hydrogen) atoms. The SMILES string of the molecule is CC(C(=O)Nc1ccc(S(=O)(=O)Nc2nccs2)cc1)N1CCCc2ccccc21.CC(Cl)C(=O)Nc1ccc(S(=O)(=O)Nc2nccs2)cc1. The molecule has 13 nitrogen and oxygen atoms in total. The highest BCUT2D eigenvalue weighted by molar-refractivity contribution is 7.93. The van der Waals surface area contributed by atoms with Crippen LogP contribution in [-0.2, 0) is 36.1 Å². The average molecular weight is 788 g/mol. The second-order valence-electron chi connectivity index (χ2n) is 11.1. The van der Waals surface area contributed by atoms with Gasteiger partial charge in [0.2, 0.25) is 11.8 Å². The summed E-state index contributed by atoms with van der Waals surface area (Å²) in [6.07, 6.45) is 5.07. The zero-order valence-corrected chi connectivity index (χ0v) is 31.3. The summed E-state index contributed by atoms with van der Waals surface area (Å²) in [6.45, 7) is 4.26. The number of nitrogens with zero attached hydrogens (tertiary/aromatic N) is 3. The first-order valence-electron chi connectivity index (χ1n) is 15.5. The molecular formula is C33H34ClN7O6S4. The molecule has 0 bridgehead atoms. The van der Waals surface area contributed by atoms with Crippen LogP contribution in [-0.4, -0.2) is 56.6 Å². The number of carbonyl (C=O) groups excluding carboxylic acids is 2. The zero-order chi connectivity index (χ0) is 36.6. The van der Waals surface area contributed by atoms with E-state index in [2.05, 4.69) is 41.0 Å². The molecule has 4 N–H and O–H groups in total. The lowest BCUT2D eigenvalue weighted by Gasteiger charge is -2.35. The molecule has 0 aliphatic carbocycles. The fourth-order valence-corrected chi connectivity index (χ4v) is 8.56. The van der Waals surface area contributed by atoms with E-state index in [4.69, 9.17) is 11.6 Å². The highest BCUT2D eigenvalue weighted by Gasteiger charge is 2.26. The predicted molar refractivity (Wildman–Crippen MR) is 203 cm³/mol. The lowest BCUT2D eigenvalue weighted by molar-refractivity contribution is -0.117. The van der Waals surface area contributed by atoms with Crippen molar-refractivity contribution in [2.75, 3.05) is 31.5 Å². The number of carbonyl (C=O) groups is 2. The number of hydrogen-bond donors (Lipinski definition) is 4. The standard InChI is InChI=1S/C21H22N4O3S2.C12H12ClN3O3S2/c1-15(25-13-4-6-16-5-2-3-7-19(16)25)20(26)23-17-8-10-18(11-9-17)30(27,28)24-21-22-12-14-29-21;1-8(13)11(17)15-9-2-4-10(5-3-9)21(18,19)16-12-14-6-7-20-12/h2-3,5,7-12,14-15H,4,6,13H2,1H3,(H,22,24)(H,23,26);2-8H,1H3,(H,14,16)(H,15,17). The summed E-state index contributed by atoms with van der Waals surface area (Å²) in [7, 11) is -7.40. The van der Waals surface area contributed by atoms with Gasteiger partial charge in [0.05, 0.1) is 9.79 Å². The summed E-state index contributed by atoms with van der Waals surface area (Å²) in [4.78, 5) is 34.3. The second kappa shape index (κ2) is 16.6. The van der Waals surface area contributed by atoms with E-state index < -0.39 is 25.4 Å². The zero-order valence-electron chi connectivity index (χ0n) is 27.3. The molecule has 3 aromatic carbocycles. The molecule has 2 amide bonds. The first-order valence-corrected chi connectivity index (χ1v) is 20.6. The number of anilines is 5. The van der Waals surface area contributed by atoms with Crippen LogP contribution in [0.5, 0.6) is 0 Å². The van der Waals surface area contributed by atoms with Crippen molar-refractivity contribution < 1.29 is 26.4 Å².